The van der Waals surface area contributed by atoms with Crippen LogP contribution in [0, 0.1) is 0 Å². The number of benzene rings is 1. The Morgan fingerprint density at radius 1 is 1.50 bits per heavy atom. The summed E-state index contributed by atoms with van der Waals surface area (Å²) in [5, 5.41) is 4.89. The molecule has 1 aromatic heterocycles. The van der Waals surface area contributed by atoms with E-state index < -0.39 is 0 Å². The summed E-state index contributed by atoms with van der Waals surface area (Å²) < 4.78 is 7.22. The lowest BCUT2D eigenvalue weighted by atomic mass is 10.1. The van der Waals surface area contributed by atoms with Gasteiger partial charge in [0.15, 0.2) is 5.11 Å². The molecule has 1 N–H and O–H groups in total. The maximum absolute atomic E-state index is 10.6. The number of aromatic nitrogens is 1. The normalized spacial score (nSPS) is 10.5. The van der Waals surface area contributed by atoms with Crippen molar-refractivity contribution in [1.82, 2.24) is 9.88 Å². The Bertz CT molecular complexity index is 634. The second kappa shape index (κ2) is 6.52. The van der Waals surface area contributed by atoms with Crippen LogP contribution in [0.15, 0.2) is 24.4 Å². The van der Waals surface area contributed by atoms with Crippen molar-refractivity contribution in [2.75, 3.05) is 13.7 Å². The minimum Gasteiger partial charge on any atom is -0.497 e. The predicted molar refractivity (Wildman–Crippen MR) is 84.5 cm³/mol. The Hall–Kier alpha value is -1.88. The Labute approximate surface area is 123 Å². The van der Waals surface area contributed by atoms with E-state index in [1.807, 2.05) is 35.9 Å². The molecule has 0 atom stereocenters. The van der Waals surface area contributed by atoms with E-state index in [-0.39, 0.29) is 0 Å². The van der Waals surface area contributed by atoms with Gasteiger partial charge in [0.1, 0.15) is 12.0 Å². The molecule has 0 aliphatic rings. The van der Waals surface area contributed by atoms with Gasteiger partial charge in [-0.15, -0.1) is 0 Å². The first-order chi connectivity index (χ1) is 9.71. The number of hydrogen-bond donors (Lipinski definition) is 1. The quantitative estimate of drug-likeness (QED) is 0.679. The summed E-state index contributed by atoms with van der Waals surface area (Å²) in [6.07, 6.45) is 4.14. The van der Waals surface area contributed by atoms with Gasteiger partial charge in [-0.1, -0.05) is 0 Å². The second-order valence-electron chi connectivity index (χ2n) is 4.45. The summed E-state index contributed by atoms with van der Waals surface area (Å²) in [6, 6.07) is 5.89. The second-order valence-corrected chi connectivity index (χ2v) is 4.83. The lowest BCUT2D eigenvalue weighted by Gasteiger charge is -2.08. The number of aldehydes is 1. The van der Waals surface area contributed by atoms with Crippen molar-refractivity contribution in [3.8, 4) is 5.75 Å². The summed E-state index contributed by atoms with van der Waals surface area (Å²) in [7, 11) is 1.65. The molecule has 5 heteroatoms. The van der Waals surface area contributed by atoms with E-state index in [4.69, 9.17) is 17.0 Å². The fourth-order valence-corrected chi connectivity index (χ4v) is 2.52. The largest absolute Gasteiger partial charge is 0.497 e. The number of nitrogens with zero attached hydrogens (tertiary/aromatic N) is 1. The molecule has 0 aliphatic heterocycles. The molecule has 106 valence electrons. The summed E-state index contributed by atoms with van der Waals surface area (Å²) in [6.45, 7) is 2.78. The Kier molecular flexibility index (Phi) is 4.74. The van der Waals surface area contributed by atoms with Crippen LogP contribution < -0.4 is 10.1 Å². The summed E-state index contributed by atoms with van der Waals surface area (Å²) in [4.78, 5) is 10.6. The maximum Gasteiger partial charge on any atom is 0.177 e. The average molecular weight is 290 g/mol. The van der Waals surface area contributed by atoms with Crippen molar-refractivity contribution in [3.63, 3.8) is 0 Å². The SMILES string of the molecule is CCNC(=S)n1cc(CCC=O)c2cc(OC)ccc21. The van der Waals surface area contributed by atoms with Gasteiger partial charge in [-0.05, 0) is 49.3 Å². The number of aryl methyl sites for hydroxylation is 1. The zero-order valence-corrected chi connectivity index (χ0v) is 12.5. The van der Waals surface area contributed by atoms with Gasteiger partial charge in [-0.2, -0.15) is 0 Å². The fraction of sp³-hybridized carbons (Fsp3) is 0.333. The minimum absolute atomic E-state index is 0.504. The summed E-state index contributed by atoms with van der Waals surface area (Å²) in [5.41, 5.74) is 2.13. The molecule has 0 saturated carbocycles. The molecule has 0 unspecified atom stereocenters. The van der Waals surface area contributed by atoms with Gasteiger partial charge in [-0.25, -0.2) is 0 Å². The van der Waals surface area contributed by atoms with Crippen LogP contribution >= 0.6 is 12.2 Å². The van der Waals surface area contributed by atoms with Gasteiger partial charge in [-0.3, -0.25) is 4.57 Å². The first-order valence-electron chi connectivity index (χ1n) is 6.61. The molecule has 1 heterocycles. The van der Waals surface area contributed by atoms with E-state index in [0.717, 1.165) is 35.0 Å². The van der Waals surface area contributed by atoms with Gasteiger partial charge in [0.2, 0.25) is 0 Å². The predicted octanol–water partition coefficient (Wildman–Crippen LogP) is 2.52. The number of hydrogen-bond acceptors (Lipinski definition) is 3. The first-order valence-corrected chi connectivity index (χ1v) is 7.02. The monoisotopic (exact) mass is 290 g/mol. The fourth-order valence-electron chi connectivity index (χ4n) is 2.22. The van der Waals surface area contributed by atoms with Crippen LogP contribution in [0.5, 0.6) is 5.75 Å². The van der Waals surface area contributed by atoms with Crippen LogP contribution in [0.2, 0.25) is 0 Å². The van der Waals surface area contributed by atoms with Crippen LogP contribution in [-0.4, -0.2) is 29.6 Å². The van der Waals surface area contributed by atoms with Crippen LogP contribution in [0.25, 0.3) is 10.9 Å². The Morgan fingerprint density at radius 2 is 2.30 bits per heavy atom. The van der Waals surface area contributed by atoms with Gasteiger partial charge in [0, 0.05) is 24.5 Å². The Morgan fingerprint density at radius 3 is 2.95 bits per heavy atom. The smallest absolute Gasteiger partial charge is 0.177 e. The molecule has 20 heavy (non-hydrogen) atoms. The minimum atomic E-state index is 0.504. The highest BCUT2D eigenvalue weighted by atomic mass is 32.1. The number of carbonyl (C=O) groups excluding carboxylic acids is 1. The van der Waals surface area contributed by atoms with Crippen LogP contribution in [0.1, 0.15) is 18.9 Å². The van der Waals surface area contributed by atoms with Crippen LogP contribution in [0.3, 0.4) is 0 Å². The number of carbonyl (C=O) groups is 1. The molecule has 2 aromatic rings. The summed E-state index contributed by atoms with van der Waals surface area (Å²) >= 11 is 5.39. The van der Waals surface area contributed by atoms with E-state index >= 15 is 0 Å². The molecule has 0 radical (unpaired) electrons. The third kappa shape index (κ3) is 2.82. The molecule has 0 amide bonds. The highest BCUT2D eigenvalue weighted by Gasteiger charge is 2.11. The van der Waals surface area contributed by atoms with Crippen LogP contribution in [-0.2, 0) is 11.2 Å². The lowest BCUT2D eigenvalue weighted by molar-refractivity contribution is -0.107. The average Bonchev–Trinajstić information content (AvgIpc) is 2.83. The maximum atomic E-state index is 10.6. The number of rotatable bonds is 5. The number of thiocarbonyl (C=S) groups is 1. The van der Waals surface area contributed by atoms with Crippen LogP contribution in [0.4, 0.5) is 0 Å². The van der Waals surface area contributed by atoms with Crippen molar-refractivity contribution in [2.45, 2.75) is 19.8 Å². The van der Waals surface area contributed by atoms with Crippen molar-refractivity contribution in [1.29, 1.82) is 0 Å². The summed E-state index contributed by atoms with van der Waals surface area (Å²) in [5.74, 6) is 0.803. The molecule has 4 nitrogen and oxygen atoms in total. The number of nitrogens with one attached hydrogen (secondary N) is 1. The molecule has 0 fully saturated rings. The van der Waals surface area contributed by atoms with E-state index in [1.54, 1.807) is 7.11 Å². The van der Waals surface area contributed by atoms with Crippen molar-refractivity contribution >= 4 is 34.5 Å². The van der Waals surface area contributed by atoms with E-state index in [2.05, 4.69) is 5.32 Å². The van der Waals surface area contributed by atoms with Crippen molar-refractivity contribution < 1.29 is 9.53 Å². The van der Waals surface area contributed by atoms with E-state index in [9.17, 15) is 4.79 Å². The molecule has 1 aromatic carbocycles. The van der Waals surface area contributed by atoms with E-state index in [1.165, 1.54) is 0 Å². The standard InChI is InChI=1S/C15H18N2O2S/c1-3-16-15(20)17-10-11(5-4-8-18)13-9-12(19-2)6-7-14(13)17/h6-10H,3-5H2,1-2H3,(H,16,20). The van der Waals surface area contributed by atoms with Gasteiger partial charge in [0.25, 0.3) is 0 Å². The molecule has 0 saturated heterocycles. The lowest BCUT2D eigenvalue weighted by Crippen LogP contribution is -2.27. The third-order valence-electron chi connectivity index (χ3n) is 3.17. The molecule has 0 bridgehead atoms. The highest BCUT2D eigenvalue weighted by Crippen LogP contribution is 2.26. The zero-order chi connectivity index (χ0) is 14.5. The third-order valence-corrected chi connectivity index (χ3v) is 3.51. The zero-order valence-electron chi connectivity index (χ0n) is 11.7. The number of methoxy groups -OCH3 is 1. The number of fused-ring (bicyclic) bond motifs is 1. The number of ether oxygens (including phenoxy) is 1. The molecular weight excluding hydrogens is 272 g/mol. The van der Waals surface area contributed by atoms with Gasteiger partial charge < -0.3 is 14.8 Å². The molecule has 0 aliphatic carbocycles. The molecule has 2 rings (SSSR count). The topological polar surface area (TPSA) is 43.3 Å². The van der Waals surface area contributed by atoms with Crippen molar-refractivity contribution in [2.24, 2.45) is 0 Å². The van der Waals surface area contributed by atoms with Gasteiger partial charge in [0.05, 0.1) is 12.6 Å². The highest BCUT2D eigenvalue weighted by molar-refractivity contribution is 7.80. The van der Waals surface area contributed by atoms with Gasteiger partial charge >= 0.3 is 0 Å². The molecule has 0 spiro atoms. The van der Waals surface area contributed by atoms with Crippen molar-refractivity contribution in [3.05, 3.63) is 30.0 Å². The Balaban J connectivity index is 2.53. The van der Waals surface area contributed by atoms with E-state index in [0.29, 0.717) is 18.0 Å². The molecular formula is C15H18N2O2S. The first kappa shape index (κ1) is 14.5.